The Morgan fingerprint density at radius 2 is 1.79 bits per heavy atom. The summed E-state index contributed by atoms with van der Waals surface area (Å²) >= 11 is 0. The lowest BCUT2D eigenvalue weighted by Gasteiger charge is -2.31. The molecule has 2 heterocycles. The number of ether oxygens (including phenoxy) is 1. The number of nitrogens with zero attached hydrogens (tertiary/aromatic N) is 3. The van der Waals surface area contributed by atoms with Crippen molar-refractivity contribution in [3.05, 3.63) is 0 Å². The number of likely N-dealkylation sites (N-methyl/N-ethyl adjacent to an activating group) is 1. The monoisotopic (exact) mass is 477 g/mol. The maximum absolute atomic E-state index is 12.9. The highest BCUT2D eigenvalue weighted by Crippen LogP contribution is 2.28. The van der Waals surface area contributed by atoms with E-state index in [9.17, 15) is 9.59 Å². The molecule has 4 aliphatic rings. The zero-order valence-electron chi connectivity index (χ0n) is 21.5. The first kappa shape index (κ1) is 25.9. The van der Waals surface area contributed by atoms with Crippen LogP contribution in [0.15, 0.2) is 0 Å². The quantitative estimate of drug-likeness (QED) is 0.529. The van der Waals surface area contributed by atoms with E-state index in [2.05, 4.69) is 22.6 Å². The first-order valence-electron chi connectivity index (χ1n) is 13.9. The van der Waals surface area contributed by atoms with Crippen molar-refractivity contribution < 1.29 is 14.3 Å². The Hall–Kier alpha value is -1.22. The lowest BCUT2D eigenvalue weighted by atomic mass is 9.89. The van der Waals surface area contributed by atoms with Gasteiger partial charge in [0.25, 0.3) is 0 Å². The third-order valence-electron chi connectivity index (χ3n) is 8.53. The minimum atomic E-state index is 0.0614. The number of carbonyl (C=O) groups is 2. The van der Waals surface area contributed by atoms with Crippen LogP contribution in [0.25, 0.3) is 0 Å². The summed E-state index contributed by atoms with van der Waals surface area (Å²) in [6.07, 6.45) is 12.7. The van der Waals surface area contributed by atoms with Crippen molar-refractivity contribution in [2.45, 2.75) is 89.3 Å². The number of rotatable bonds is 9. The second kappa shape index (κ2) is 12.7. The highest BCUT2D eigenvalue weighted by Gasteiger charge is 2.34. The predicted octanol–water partition coefficient (Wildman–Crippen LogP) is 2.00. The Balaban J connectivity index is 1.10. The van der Waals surface area contributed by atoms with Gasteiger partial charge in [-0.15, -0.1) is 0 Å². The number of carbonyl (C=O) groups excluding carboxylic acids is 2. The third kappa shape index (κ3) is 7.39. The molecule has 0 aromatic heterocycles. The molecule has 2 atom stereocenters. The van der Waals surface area contributed by atoms with Crippen molar-refractivity contribution in [3.8, 4) is 0 Å². The summed E-state index contributed by atoms with van der Waals surface area (Å²) in [5, 5.41) is 5.18. The van der Waals surface area contributed by atoms with Crippen LogP contribution in [-0.2, 0) is 14.3 Å². The molecule has 34 heavy (non-hydrogen) atoms. The minimum Gasteiger partial charge on any atom is -0.376 e. The van der Waals surface area contributed by atoms with Gasteiger partial charge in [0.1, 0.15) is 0 Å². The van der Waals surface area contributed by atoms with Gasteiger partial charge >= 0.3 is 0 Å². The number of amides is 2. The first-order valence-corrected chi connectivity index (χ1v) is 13.9. The van der Waals surface area contributed by atoms with Crippen LogP contribution in [0.4, 0.5) is 0 Å². The Bertz CT molecular complexity index is 663. The standard InChI is InChI=1S/C26H47N5O3/c1-20-8-10-24(11-9-20)34-15-14-29(2)25(32)19-31-18-22(16-27-31)28-26(33)21-12-13-30(17-21)23-6-4-3-5-7-23/h20-24,27H,3-19H2,1-2H3,(H,28,33). The van der Waals surface area contributed by atoms with Gasteiger partial charge in [-0.05, 0) is 57.4 Å². The summed E-state index contributed by atoms with van der Waals surface area (Å²) in [5.41, 5.74) is 3.29. The normalized spacial score (nSPS) is 31.6. The number of likely N-dealkylation sites (tertiary alicyclic amines) is 1. The van der Waals surface area contributed by atoms with E-state index in [1.165, 1.54) is 44.9 Å². The molecule has 0 spiro atoms. The van der Waals surface area contributed by atoms with Gasteiger partial charge in [0.05, 0.1) is 31.2 Å². The van der Waals surface area contributed by atoms with Crippen LogP contribution in [0.3, 0.4) is 0 Å². The Kier molecular flexibility index (Phi) is 9.62. The van der Waals surface area contributed by atoms with Crippen LogP contribution in [0.5, 0.6) is 0 Å². The fraction of sp³-hybridized carbons (Fsp3) is 0.923. The molecule has 2 saturated carbocycles. The molecule has 2 unspecified atom stereocenters. The lowest BCUT2D eigenvalue weighted by molar-refractivity contribution is -0.132. The lowest BCUT2D eigenvalue weighted by Crippen LogP contribution is -2.44. The molecule has 4 fully saturated rings. The smallest absolute Gasteiger partial charge is 0.238 e. The average Bonchev–Trinajstić information content (AvgIpc) is 3.51. The predicted molar refractivity (Wildman–Crippen MR) is 133 cm³/mol. The summed E-state index contributed by atoms with van der Waals surface area (Å²) in [6, 6.07) is 0.751. The molecule has 0 radical (unpaired) electrons. The van der Waals surface area contributed by atoms with Crippen LogP contribution in [0.1, 0.15) is 71.1 Å². The van der Waals surface area contributed by atoms with E-state index in [0.29, 0.717) is 44.9 Å². The molecule has 4 rings (SSSR count). The SMILES string of the molecule is CC1CCC(OCCN(C)C(=O)CN2CC(NC(=O)C3CCN(C4CCCCC4)C3)CN2)CC1. The Labute approximate surface area is 206 Å². The molecule has 194 valence electrons. The van der Waals surface area contributed by atoms with Crippen molar-refractivity contribution in [1.82, 2.24) is 25.6 Å². The van der Waals surface area contributed by atoms with Gasteiger partial charge in [0.2, 0.25) is 11.8 Å². The zero-order valence-corrected chi connectivity index (χ0v) is 21.5. The summed E-state index contributed by atoms with van der Waals surface area (Å²) in [6.45, 7) is 7.18. The summed E-state index contributed by atoms with van der Waals surface area (Å²) < 4.78 is 6.00. The molecular formula is C26H47N5O3. The summed E-state index contributed by atoms with van der Waals surface area (Å²) in [4.78, 5) is 29.8. The van der Waals surface area contributed by atoms with Crippen molar-refractivity contribution in [2.24, 2.45) is 11.8 Å². The van der Waals surface area contributed by atoms with Crippen molar-refractivity contribution >= 4 is 11.8 Å². The second-order valence-corrected chi connectivity index (χ2v) is 11.3. The molecule has 2 saturated heterocycles. The number of hydrogen-bond donors (Lipinski definition) is 2. The maximum atomic E-state index is 12.9. The van der Waals surface area contributed by atoms with E-state index >= 15 is 0 Å². The van der Waals surface area contributed by atoms with Crippen LogP contribution in [0, 0.1) is 11.8 Å². The number of hydrazine groups is 1. The fourth-order valence-electron chi connectivity index (χ4n) is 6.11. The molecule has 8 heteroatoms. The van der Waals surface area contributed by atoms with Gasteiger partial charge in [-0.2, -0.15) is 0 Å². The molecule has 0 bridgehead atoms. The molecule has 2 N–H and O–H groups in total. The fourth-order valence-corrected chi connectivity index (χ4v) is 6.11. The summed E-state index contributed by atoms with van der Waals surface area (Å²) in [7, 11) is 1.85. The molecular weight excluding hydrogens is 430 g/mol. The molecule has 8 nitrogen and oxygen atoms in total. The topological polar surface area (TPSA) is 77.2 Å². The van der Waals surface area contributed by atoms with E-state index < -0.39 is 0 Å². The van der Waals surface area contributed by atoms with E-state index in [0.717, 1.165) is 38.3 Å². The van der Waals surface area contributed by atoms with Crippen LogP contribution < -0.4 is 10.7 Å². The Morgan fingerprint density at radius 1 is 1.03 bits per heavy atom. The minimum absolute atomic E-state index is 0.0614. The molecule has 2 aliphatic heterocycles. The van der Waals surface area contributed by atoms with E-state index in [1.54, 1.807) is 4.90 Å². The van der Waals surface area contributed by atoms with Gasteiger partial charge in [0.15, 0.2) is 0 Å². The van der Waals surface area contributed by atoms with Crippen molar-refractivity contribution in [2.75, 3.05) is 52.9 Å². The molecule has 0 aromatic carbocycles. The van der Waals surface area contributed by atoms with Gasteiger partial charge < -0.3 is 15.0 Å². The molecule has 0 aromatic rings. The largest absolute Gasteiger partial charge is 0.376 e. The van der Waals surface area contributed by atoms with E-state index in [-0.39, 0.29) is 23.8 Å². The number of hydrogen-bond acceptors (Lipinski definition) is 6. The molecule has 2 amide bonds. The van der Waals surface area contributed by atoms with E-state index in [1.807, 2.05) is 12.1 Å². The van der Waals surface area contributed by atoms with Crippen molar-refractivity contribution in [1.29, 1.82) is 0 Å². The highest BCUT2D eigenvalue weighted by molar-refractivity contribution is 5.80. The van der Waals surface area contributed by atoms with Crippen LogP contribution in [-0.4, -0.2) is 97.7 Å². The maximum Gasteiger partial charge on any atom is 0.238 e. The van der Waals surface area contributed by atoms with Gasteiger partial charge in [-0.25, -0.2) is 5.01 Å². The van der Waals surface area contributed by atoms with Gasteiger partial charge in [-0.3, -0.25) is 19.9 Å². The van der Waals surface area contributed by atoms with Gasteiger partial charge in [-0.1, -0.05) is 26.2 Å². The zero-order chi connectivity index (χ0) is 23.9. The van der Waals surface area contributed by atoms with Crippen LogP contribution in [0.2, 0.25) is 0 Å². The Morgan fingerprint density at radius 3 is 2.56 bits per heavy atom. The van der Waals surface area contributed by atoms with Gasteiger partial charge in [0, 0.05) is 39.3 Å². The van der Waals surface area contributed by atoms with Crippen LogP contribution >= 0.6 is 0 Å². The number of nitrogens with one attached hydrogen (secondary N) is 2. The highest BCUT2D eigenvalue weighted by atomic mass is 16.5. The van der Waals surface area contributed by atoms with E-state index in [4.69, 9.17) is 4.74 Å². The first-order chi connectivity index (χ1) is 16.5. The average molecular weight is 478 g/mol. The van der Waals surface area contributed by atoms with Crippen molar-refractivity contribution in [3.63, 3.8) is 0 Å². The summed E-state index contributed by atoms with van der Waals surface area (Å²) in [5.74, 6) is 1.19. The molecule has 2 aliphatic carbocycles. The second-order valence-electron chi connectivity index (χ2n) is 11.3. The third-order valence-corrected chi connectivity index (χ3v) is 8.53.